The molecule has 0 bridgehead atoms. The van der Waals surface area contributed by atoms with Gasteiger partial charge in [-0.2, -0.15) is 0 Å². The predicted molar refractivity (Wildman–Crippen MR) is 83.0 cm³/mol. The molecule has 0 unspecified atom stereocenters. The molecule has 0 radical (unpaired) electrons. The van der Waals surface area contributed by atoms with E-state index in [0.717, 1.165) is 19.5 Å². The van der Waals surface area contributed by atoms with E-state index in [4.69, 9.17) is 0 Å². The third kappa shape index (κ3) is 31.4. The maximum atomic E-state index is 9.87. The van der Waals surface area contributed by atoms with Gasteiger partial charge in [0, 0.05) is 6.42 Å². The number of aromatic nitrogens is 4. The van der Waals surface area contributed by atoms with Crippen LogP contribution >= 0.6 is 15.6 Å². The van der Waals surface area contributed by atoms with Crippen molar-refractivity contribution >= 4 is 15.6 Å². The summed E-state index contributed by atoms with van der Waals surface area (Å²) >= 11 is 0. The van der Waals surface area contributed by atoms with Gasteiger partial charge in [-0.15, -0.1) is 0 Å². The summed E-state index contributed by atoms with van der Waals surface area (Å²) in [6.07, 6.45) is 13.7. The van der Waals surface area contributed by atoms with Gasteiger partial charge in [0.1, 0.15) is 24.8 Å². The van der Waals surface area contributed by atoms with Gasteiger partial charge in [0.2, 0.25) is 12.7 Å². The molecular formula is C11H18F12N4P2. The van der Waals surface area contributed by atoms with E-state index >= 15 is 0 Å². The maximum absolute atomic E-state index is 10.7. The molecule has 0 spiro atoms. The number of nitrogens with zero attached hydrogens (tertiary/aromatic N) is 4. The van der Waals surface area contributed by atoms with E-state index in [2.05, 4.69) is 55.7 Å². The molecule has 18 heteroatoms. The summed E-state index contributed by atoms with van der Waals surface area (Å²) in [7, 11) is -17.2. The van der Waals surface area contributed by atoms with Crippen LogP contribution in [-0.4, -0.2) is 9.13 Å². The van der Waals surface area contributed by atoms with E-state index in [0.29, 0.717) is 0 Å². The van der Waals surface area contributed by atoms with Gasteiger partial charge >= 0.3 is 66.0 Å². The van der Waals surface area contributed by atoms with Gasteiger partial charge in [0.25, 0.3) is 0 Å². The molecule has 0 fully saturated rings. The third-order valence-electron chi connectivity index (χ3n) is 2.48. The zero-order valence-corrected chi connectivity index (χ0v) is 16.6. The van der Waals surface area contributed by atoms with Crippen LogP contribution < -0.4 is 9.13 Å². The molecule has 2 heterocycles. The first-order chi connectivity index (χ1) is 12.1. The number of imidazole rings is 2. The molecule has 2 aromatic heterocycles. The van der Waals surface area contributed by atoms with Crippen LogP contribution in [0.1, 0.15) is 6.42 Å². The van der Waals surface area contributed by atoms with Crippen LogP contribution in [0.5, 0.6) is 0 Å². The topological polar surface area (TPSA) is 17.6 Å². The second kappa shape index (κ2) is 7.00. The van der Waals surface area contributed by atoms with E-state index in [1.54, 1.807) is 0 Å². The van der Waals surface area contributed by atoms with Crippen molar-refractivity contribution in [2.75, 3.05) is 0 Å². The molecule has 0 aliphatic carbocycles. The van der Waals surface area contributed by atoms with Crippen LogP contribution in [-0.2, 0) is 27.2 Å². The normalized spacial score (nSPS) is 16.8. The molecule has 0 saturated carbocycles. The second-order valence-corrected chi connectivity index (χ2v) is 9.74. The zero-order chi connectivity index (χ0) is 23.5. The van der Waals surface area contributed by atoms with Gasteiger partial charge in [-0.05, 0) is 0 Å². The summed E-state index contributed by atoms with van der Waals surface area (Å²) in [5.41, 5.74) is 0. The minimum atomic E-state index is -10.7. The minimum absolute atomic E-state index is 1.07. The Balaban J connectivity index is 0.000000473. The summed E-state index contributed by atoms with van der Waals surface area (Å²) in [6.45, 7) is 2.14. The Hall–Kier alpha value is -1.56. The van der Waals surface area contributed by atoms with Gasteiger partial charge in [-0.25, -0.2) is 18.3 Å². The van der Waals surface area contributed by atoms with E-state index in [1.807, 2.05) is 14.1 Å². The van der Waals surface area contributed by atoms with Crippen molar-refractivity contribution in [1.82, 2.24) is 9.13 Å². The Morgan fingerprint density at radius 3 is 1.00 bits per heavy atom. The molecule has 176 valence electrons. The average Bonchev–Trinajstić information content (AvgIpc) is 2.91. The third-order valence-corrected chi connectivity index (χ3v) is 2.48. The monoisotopic (exact) mass is 496 g/mol. The molecule has 0 aliphatic rings. The number of rotatable bonds is 4. The summed E-state index contributed by atoms with van der Waals surface area (Å²) in [6, 6.07) is 0. The van der Waals surface area contributed by atoms with Crippen LogP contribution in [0.25, 0.3) is 0 Å². The standard InChI is InChI=1S/C11H18N4.2F6P/c1-12-6-8-14(10-12)4-3-5-15-9-7-13(2)11-15;2*1-7(2,3,4,5)6/h6-11H,3-5H2,1-2H3;;/q+2;2*-1. The van der Waals surface area contributed by atoms with E-state index < -0.39 is 15.6 Å². The fourth-order valence-corrected chi connectivity index (χ4v) is 1.70. The molecule has 0 aromatic carbocycles. The molecule has 0 amide bonds. The fourth-order valence-electron chi connectivity index (χ4n) is 1.70. The number of halogens is 12. The Morgan fingerprint density at radius 2 is 0.828 bits per heavy atom. The van der Waals surface area contributed by atoms with Crippen LogP contribution in [0.2, 0.25) is 0 Å². The van der Waals surface area contributed by atoms with Crippen molar-refractivity contribution in [1.29, 1.82) is 0 Å². The zero-order valence-electron chi connectivity index (χ0n) is 14.8. The van der Waals surface area contributed by atoms with Crippen molar-refractivity contribution in [2.45, 2.75) is 19.5 Å². The first kappa shape index (κ1) is 27.4. The molecule has 0 N–H and O–H groups in total. The molecule has 4 nitrogen and oxygen atoms in total. The van der Waals surface area contributed by atoms with E-state index in [1.165, 1.54) is 0 Å². The van der Waals surface area contributed by atoms with E-state index in [-0.39, 0.29) is 0 Å². The van der Waals surface area contributed by atoms with Crippen LogP contribution in [0.3, 0.4) is 0 Å². The predicted octanol–water partition coefficient (Wildman–Crippen LogP) is 6.79. The Labute approximate surface area is 156 Å². The molecule has 0 atom stereocenters. The molecule has 0 aliphatic heterocycles. The fraction of sp³-hybridized carbons (Fsp3) is 0.455. The molecule has 0 saturated heterocycles. The first-order valence-corrected chi connectivity index (χ1v) is 11.3. The number of hydrogen-bond acceptors (Lipinski definition) is 0. The quantitative estimate of drug-likeness (QED) is 0.252. The first-order valence-electron chi connectivity index (χ1n) is 7.29. The van der Waals surface area contributed by atoms with Crippen molar-refractivity contribution < 1.29 is 59.5 Å². The summed E-state index contributed by atoms with van der Waals surface area (Å²) < 4.78 is 127. The SMILES string of the molecule is C[n+]1ccn(CCCn2cc[n+](C)c2)c1.F[P-](F)(F)(F)(F)F.F[P-](F)(F)(F)(F)F. The Bertz CT molecular complexity index is 711. The van der Waals surface area contributed by atoms with Gasteiger partial charge in [0.05, 0.1) is 27.2 Å². The molecular weight excluding hydrogens is 478 g/mol. The Kier molecular flexibility index (Phi) is 6.62. The molecule has 29 heavy (non-hydrogen) atoms. The Morgan fingerprint density at radius 1 is 0.586 bits per heavy atom. The molecule has 2 aromatic rings. The number of hydrogen-bond donors (Lipinski definition) is 0. The van der Waals surface area contributed by atoms with Gasteiger partial charge in [-0.1, -0.05) is 0 Å². The number of aryl methyl sites for hydroxylation is 4. The van der Waals surface area contributed by atoms with Crippen molar-refractivity contribution in [3.8, 4) is 0 Å². The summed E-state index contributed by atoms with van der Waals surface area (Å²) in [5.74, 6) is 0. The van der Waals surface area contributed by atoms with Crippen molar-refractivity contribution in [3.63, 3.8) is 0 Å². The van der Waals surface area contributed by atoms with Crippen molar-refractivity contribution in [2.24, 2.45) is 14.1 Å². The van der Waals surface area contributed by atoms with E-state index in [9.17, 15) is 50.4 Å². The summed E-state index contributed by atoms with van der Waals surface area (Å²) in [4.78, 5) is 0. The molecule has 2 rings (SSSR count). The summed E-state index contributed by atoms with van der Waals surface area (Å²) in [5, 5.41) is 0. The average molecular weight is 496 g/mol. The van der Waals surface area contributed by atoms with Gasteiger partial charge < -0.3 is 0 Å². The van der Waals surface area contributed by atoms with Crippen LogP contribution in [0.15, 0.2) is 37.4 Å². The second-order valence-electron chi connectivity index (χ2n) is 5.90. The van der Waals surface area contributed by atoms with Crippen molar-refractivity contribution in [3.05, 3.63) is 37.4 Å². The van der Waals surface area contributed by atoms with Gasteiger partial charge in [0.15, 0.2) is 0 Å². The van der Waals surface area contributed by atoms with Crippen LogP contribution in [0.4, 0.5) is 50.4 Å². The van der Waals surface area contributed by atoms with Gasteiger partial charge in [-0.3, -0.25) is 0 Å². The van der Waals surface area contributed by atoms with Crippen LogP contribution in [0, 0.1) is 0 Å².